The second-order valence-corrected chi connectivity index (χ2v) is 8.26. The summed E-state index contributed by atoms with van der Waals surface area (Å²) in [5.74, 6) is 0.440. The normalized spacial score (nSPS) is 16.0. The van der Waals surface area contributed by atoms with Crippen molar-refractivity contribution in [1.29, 1.82) is 0 Å². The monoisotopic (exact) mass is 370 g/mol. The zero-order chi connectivity index (χ0) is 18.7. The number of amides is 2. The minimum atomic E-state index is -0.170. The van der Waals surface area contributed by atoms with Gasteiger partial charge in [0.25, 0.3) is 5.91 Å². The summed E-state index contributed by atoms with van der Waals surface area (Å²) in [6, 6.07) is 9.79. The van der Waals surface area contributed by atoms with Crippen molar-refractivity contribution in [2.45, 2.75) is 39.5 Å². The Balaban J connectivity index is 1.63. The number of rotatable bonds is 5. The van der Waals surface area contributed by atoms with Crippen LogP contribution < -0.4 is 5.32 Å². The van der Waals surface area contributed by atoms with E-state index in [9.17, 15) is 9.59 Å². The standard InChI is InChI=1S/C21H26N2O2S/c1-4-15-7-5-6-8-17(15)22-20(24)13-23(3)21(25)19-12-16-11-14(2)9-10-18(16)26-19/h5-8,12,14H,4,9-11,13H2,1-3H3,(H,22,24)/t14-/m0/s1. The van der Waals surface area contributed by atoms with E-state index < -0.39 is 0 Å². The molecule has 138 valence electrons. The van der Waals surface area contributed by atoms with Crippen LogP contribution in [0.15, 0.2) is 30.3 Å². The molecule has 0 aliphatic heterocycles. The molecular formula is C21H26N2O2S. The molecule has 1 N–H and O–H groups in total. The smallest absolute Gasteiger partial charge is 0.264 e. The van der Waals surface area contributed by atoms with Crippen LogP contribution in [0.5, 0.6) is 0 Å². The molecule has 0 bridgehead atoms. The molecule has 1 aromatic heterocycles. The Labute approximate surface area is 159 Å². The molecular weight excluding hydrogens is 344 g/mol. The average Bonchev–Trinajstić information content (AvgIpc) is 3.04. The molecule has 26 heavy (non-hydrogen) atoms. The zero-order valence-corrected chi connectivity index (χ0v) is 16.5. The number of fused-ring (bicyclic) bond motifs is 1. The minimum absolute atomic E-state index is 0.0514. The number of para-hydroxylation sites is 1. The van der Waals surface area contributed by atoms with E-state index in [1.807, 2.05) is 30.3 Å². The van der Waals surface area contributed by atoms with Crippen molar-refractivity contribution in [2.24, 2.45) is 5.92 Å². The van der Waals surface area contributed by atoms with Crippen LogP contribution in [0.4, 0.5) is 5.69 Å². The van der Waals surface area contributed by atoms with Crippen molar-refractivity contribution in [1.82, 2.24) is 4.90 Å². The molecule has 1 atom stereocenters. The van der Waals surface area contributed by atoms with Crippen LogP contribution in [0.2, 0.25) is 0 Å². The lowest BCUT2D eigenvalue weighted by Gasteiger charge is -2.17. The Morgan fingerprint density at radius 2 is 2.08 bits per heavy atom. The van der Waals surface area contributed by atoms with Gasteiger partial charge in [-0.2, -0.15) is 0 Å². The lowest BCUT2D eigenvalue weighted by Crippen LogP contribution is -2.34. The third-order valence-electron chi connectivity index (χ3n) is 4.94. The van der Waals surface area contributed by atoms with Crippen molar-refractivity contribution in [3.63, 3.8) is 0 Å². The molecule has 0 spiro atoms. The summed E-state index contributed by atoms with van der Waals surface area (Å²) in [5.41, 5.74) is 3.23. The van der Waals surface area contributed by atoms with Crippen molar-refractivity contribution in [3.8, 4) is 0 Å². The van der Waals surface area contributed by atoms with Gasteiger partial charge in [0.15, 0.2) is 0 Å². The van der Waals surface area contributed by atoms with E-state index in [2.05, 4.69) is 19.2 Å². The molecule has 4 nitrogen and oxygen atoms in total. The molecule has 5 heteroatoms. The highest BCUT2D eigenvalue weighted by Crippen LogP contribution is 2.32. The first-order chi connectivity index (χ1) is 12.5. The number of benzene rings is 1. The number of thiophene rings is 1. The molecule has 0 saturated carbocycles. The fourth-order valence-corrected chi connectivity index (χ4v) is 4.63. The third-order valence-corrected chi connectivity index (χ3v) is 6.16. The number of hydrogen-bond donors (Lipinski definition) is 1. The molecule has 0 fully saturated rings. The van der Waals surface area contributed by atoms with Crippen molar-refractivity contribution in [3.05, 3.63) is 51.2 Å². The Morgan fingerprint density at radius 1 is 1.31 bits per heavy atom. The summed E-state index contributed by atoms with van der Waals surface area (Å²) in [6.45, 7) is 4.36. The number of likely N-dealkylation sites (N-methyl/N-ethyl adjacent to an activating group) is 1. The molecule has 2 aromatic rings. The van der Waals surface area contributed by atoms with Gasteiger partial charge in [-0.15, -0.1) is 11.3 Å². The Morgan fingerprint density at radius 3 is 2.85 bits per heavy atom. The summed E-state index contributed by atoms with van der Waals surface area (Å²) in [6.07, 6.45) is 4.16. The second kappa shape index (κ2) is 8.04. The van der Waals surface area contributed by atoms with E-state index in [-0.39, 0.29) is 18.4 Å². The first-order valence-electron chi connectivity index (χ1n) is 9.22. The van der Waals surface area contributed by atoms with E-state index in [4.69, 9.17) is 0 Å². The Kier molecular flexibility index (Phi) is 5.77. The molecule has 1 aliphatic carbocycles. The Bertz CT molecular complexity index is 812. The quantitative estimate of drug-likeness (QED) is 0.860. The van der Waals surface area contributed by atoms with E-state index >= 15 is 0 Å². The van der Waals surface area contributed by atoms with Gasteiger partial charge >= 0.3 is 0 Å². The van der Waals surface area contributed by atoms with Gasteiger partial charge < -0.3 is 10.2 Å². The minimum Gasteiger partial charge on any atom is -0.332 e. The molecule has 0 unspecified atom stereocenters. The maximum absolute atomic E-state index is 12.7. The van der Waals surface area contributed by atoms with Gasteiger partial charge in [-0.05, 0) is 54.9 Å². The number of anilines is 1. The fourth-order valence-electron chi connectivity index (χ4n) is 3.43. The number of nitrogens with zero attached hydrogens (tertiary/aromatic N) is 1. The number of carbonyl (C=O) groups excluding carboxylic acids is 2. The van der Waals surface area contributed by atoms with Gasteiger partial charge in [0, 0.05) is 17.6 Å². The predicted octanol–water partition coefficient (Wildman–Crippen LogP) is 4.15. The summed E-state index contributed by atoms with van der Waals surface area (Å²) < 4.78 is 0. The summed E-state index contributed by atoms with van der Waals surface area (Å²) in [7, 11) is 1.69. The van der Waals surface area contributed by atoms with Gasteiger partial charge in [-0.3, -0.25) is 9.59 Å². The highest BCUT2D eigenvalue weighted by molar-refractivity contribution is 7.14. The molecule has 1 heterocycles. The molecule has 0 radical (unpaired) electrons. The topological polar surface area (TPSA) is 49.4 Å². The molecule has 0 saturated heterocycles. The van der Waals surface area contributed by atoms with Crippen molar-refractivity contribution >= 4 is 28.8 Å². The van der Waals surface area contributed by atoms with E-state index in [0.717, 1.165) is 35.4 Å². The number of nitrogens with one attached hydrogen (secondary N) is 1. The van der Waals surface area contributed by atoms with Crippen LogP contribution in [-0.4, -0.2) is 30.3 Å². The fraction of sp³-hybridized carbons (Fsp3) is 0.429. The van der Waals surface area contributed by atoms with Crippen LogP contribution in [0, 0.1) is 5.92 Å². The van der Waals surface area contributed by atoms with Crippen LogP contribution in [0.1, 0.15) is 45.9 Å². The first kappa shape index (κ1) is 18.6. The first-order valence-corrected chi connectivity index (χ1v) is 10.0. The summed E-state index contributed by atoms with van der Waals surface area (Å²) in [5, 5.41) is 2.92. The third kappa shape index (κ3) is 4.15. The maximum Gasteiger partial charge on any atom is 0.264 e. The Hall–Kier alpha value is -2.14. The molecule has 1 aliphatic rings. The van der Waals surface area contributed by atoms with Gasteiger partial charge in [0.1, 0.15) is 0 Å². The van der Waals surface area contributed by atoms with E-state index in [1.165, 1.54) is 21.8 Å². The highest BCUT2D eigenvalue weighted by Gasteiger charge is 2.23. The molecule has 2 amide bonds. The van der Waals surface area contributed by atoms with Crippen molar-refractivity contribution < 1.29 is 9.59 Å². The van der Waals surface area contributed by atoms with Gasteiger partial charge in [0.05, 0.1) is 11.4 Å². The summed E-state index contributed by atoms with van der Waals surface area (Å²) in [4.78, 5) is 28.7. The van der Waals surface area contributed by atoms with E-state index in [0.29, 0.717) is 5.92 Å². The second-order valence-electron chi connectivity index (χ2n) is 7.13. The lowest BCUT2D eigenvalue weighted by atomic mass is 9.90. The average molecular weight is 371 g/mol. The van der Waals surface area contributed by atoms with Crippen LogP contribution in [0.25, 0.3) is 0 Å². The van der Waals surface area contributed by atoms with Crippen LogP contribution in [0.3, 0.4) is 0 Å². The van der Waals surface area contributed by atoms with E-state index in [1.54, 1.807) is 18.4 Å². The van der Waals surface area contributed by atoms with Gasteiger partial charge in [-0.1, -0.05) is 32.0 Å². The summed E-state index contributed by atoms with van der Waals surface area (Å²) >= 11 is 1.59. The van der Waals surface area contributed by atoms with Crippen LogP contribution in [-0.2, 0) is 24.1 Å². The van der Waals surface area contributed by atoms with Crippen molar-refractivity contribution in [2.75, 3.05) is 18.9 Å². The lowest BCUT2D eigenvalue weighted by molar-refractivity contribution is -0.116. The van der Waals surface area contributed by atoms with Crippen LogP contribution >= 0.6 is 11.3 Å². The predicted molar refractivity (Wildman–Crippen MR) is 107 cm³/mol. The number of carbonyl (C=O) groups is 2. The molecule has 1 aromatic carbocycles. The van der Waals surface area contributed by atoms with Gasteiger partial charge in [-0.25, -0.2) is 0 Å². The number of hydrogen-bond acceptors (Lipinski definition) is 3. The maximum atomic E-state index is 12.7. The SMILES string of the molecule is CCc1ccccc1NC(=O)CN(C)C(=O)c1cc2c(s1)CC[C@H](C)C2. The number of aryl methyl sites for hydroxylation is 2. The highest BCUT2D eigenvalue weighted by atomic mass is 32.1. The van der Waals surface area contributed by atoms with Gasteiger partial charge in [0.2, 0.25) is 5.91 Å². The zero-order valence-electron chi connectivity index (χ0n) is 15.7. The molecule has 3 rings (SSSR count). The largest absolute Gasteiger partial charge is 0.332 e.